The molecule has 0 aromatic heterocycles. The first kappa shape index (κ1) is 19.0. The molecule has 0 saturated heterocycles. The van der Waals surface area contributed by atoms with Crippen molar-refractivity contribution < 1.29 is 8.66 Å². The molecule has 0 radical (unpaired) electrons. The molecule has 27 heavy (non-hydrogen) atoms. The summed E-state index contributed by atoms with van der Waals surface area (Å²) in [5.41, 5.74) is 4.50. The summed E-state index contributed by atoms with van der Waals surface area (Å²) in [5, 5.41) is 10.9. The minimum atomic E-state index is -1.03. The summed E-state index contributed by atoms with van der Waals surface area (Å²) in [4.78, 5) is 12.7. The van der Waals surface area contributed by atoms with E-state index in [1.165, 1.54) is 23.3 Å². The molecule has 0 heterocycles. The maximum absolute atomic E-state index is 11.1. The van der Waals surface area contributed by atoms with Crippen molar-refractivity contribution in [3.05, 3.63) is 99.6 Å². The van der Waals surface area contributed by atoms with E-state index < -0.39 is 20.6 Å². The second kappa shape index (κ2) is 8.74. The Kier molecular flexibility index (Phi) is 6.15. The van der Waals surface area contributed by atoms with E-state index >= 15 is 0 Å². The van der Waals surface area contributed by atoms with Gasteiger partial charge in [-0.15, -0.1) is 0 Å². The Morgan fingerprint density at radius 3 is 1.85 bits per heavy atom. The Hall–Kier alpha value is -2.78. The molecule has 0 aliphatic rings. The van der Waals surface area contributed by atoms with E-state index in [0.717, 1.165) is 15.6 Å². The van der Waals surface area contributed by atoms with Crippen molar-refractivity contribution in [2.45, 2.75) is 20.0 Å². The Labute approximate surface area is 164 Å². The van der Waals surface area contributed by atoms with Gasteiger partial charge in [-0.25, -0.2) is 0 Å². The van der Waals surface area contributed by atoms with Gasteiger partial charge in [-0.3, -0.25) is 0 Å². The van der Waals surface area contributed by atoms with Gasteiger partial charge in [0, 0.05) is 0 Å². The first-order valence-corrected chi connectivity index (χ1v) is 10.2. The van der Waals surface area contributed by atoms with Crippen LogP contribution >= 0.6 is 0 Å². The summed E-state index contributed by atoms with van der Waals surface area (Å²) < 4.78 is 12.0. The number of hydrogen-bond donors (Lipinski definition) is 0. The molecule has 0 fully saturated rings. The third-order valence-corrected chi connectivity index (χ3v) is 5.40. The quantitative estimate of drug-likeness (QED) is 0.330. The van der Waals surface area contributed by atoms with Crippen LogP contribution in [-0.2, 0) is 16.8 Å². The first-order chi connectivity index (χ1) is 13.0. The molecule has 0 unspecified atom stereocenters. The van der Waals surface area contributed by atoms with Crippen LogP contribution < -0.4 is 9.25 Å². The van der Waals surface area contributed by atoms with Crippen LogP contribution in [0.5, 0.6) is 0 Å². The van der Waals surface area contributed by atoms with E-state index in [9.17, 15) is 13.9 Å². The van der Waals surface area contributed by atoms with Gasteiger partial charge < -0.3 is 0 Å². The van der Waals surface area contributed by atoms with Crippen LogP contribution in [0.25, 0.3) is 0 Å². The zero-order valence-electron chi connectivity index (χ0n) is 14.9. The monoisotopic (exact) mass is 422 g/mol. The van der Waals surface area contributed by atoms with Crippen molar-refractivity contribution in [1.29, 1.82) is 0 Å². The summed E-state index contributed by atoms with van der Waals surface area (Å²) in [6.07, 6.45) is 0. The Bertz CT molecular complexity index is 923. The fraction of sp³-hybridized carbons (Fsp3) is 0.143. The molecular weight excluding hydrogens is 403 g/mol. The molecule has 0 N–H and O–H groups in total. The second-order valence-corrected chi connectivity index (χ2v) is 7.84. The molecule has 0 saturated carbocycles. The predicted octanol–water partition coefficient (Wildman–Crippen LogP) is 3.79. The van der Waals surface area contributed by atoms with E-state index in [2.05, 4.69) is 36.1 Å². The molecule has 0 aliphatic heterocycles. The van der Waals surface area contributed by atoms with Crippen molar-refractivity contribution in [2.24, 2.45) is 0 Å². The molecule has 3 aromatic rings. The Morgan fingerprint density at radius 1 is 0.852 bits per heavy atom. The van der Waals surface area contributed by atoms with Gasteiger partial charge in [0.25, 0.3) is 0 Å². The van der Waals surface area contributed by atoms with E-state index in [1.54, 1.807) is 12.1 Å². The summed E-state index contributed by atoms with van der Waals surface area (Å²) in [5.74, 6) is 0. The van der Waals surface area contributed by atoms with E-state index in [4.69, 9.17) is 0 Å². The molecule has 5 nitrogen and oxygen atoms in total. The van der Waals surface area contributed by atoms with Gasteiger partial charge >= 0.3 is 165 Å². The molecule has 0 spiro atoms. The summed E-state index contributed by atoms with van der Waals surface area (Å²) in [6, 6.07) is 22.8. The van der Waals surface area contributed by atoms with Crippen molar-refractivity contribution in [3.63, 3.8) is 0 Å². The fourth-order valence-electron chi connectivity index (χ4n) is 2.82. The number of benzene rings is 3. The number of rotatable bonds is 7. The van der Waals surface area contributed by atoms with Crippen LogP contribution in [0.4, 0.5) is 11.4 Å². The number of nitro groups is 1. The standard InChI is InChI=1S/C21H19AsN2O3/c1-16-2-4-17(5-3-16)14-23(20-12-8-19(22-25)9-13-20)15-18-6-10-21(11-7-18)24(26)27/h2-13H,14-15H2,1H3. The van der Waals surface area contributed by atoms with Gasteiger partial charge in [-0.05, 0) is 0 Å². The van der Waals surface area contributed by atoms with E-state index in [-0.39, 0.29) is 5.69 Å². The van der Waals surface area contributed by atoms with Gasteiger partial charge in [0.2, 0.25) is 0 Å². The fourth-order valence-corrected chi connectivity index (χ4v) is 3.39. The molecule has 3 aromatic carbocycles. The average Bonchev–Trinajstić information content (AvgIpc) is 2.69. The maximum atomic E-state index is 11.1. The minimum absolute atomic E-state index is 0.0898. The van der Waals surface area contributed by atoms with Crippen LogP contribution in [0.2, 0.25) is 0 Å². The zero-order valence-corrected chi connectivity index (χ0v) is 16.8. The third kappa shape index (κ3) is 5.11. The topological polar surface area (TPSA) is 63.4 Å². The van der Waals surface area contributed by atoms with Gasteiger partial charge in [0.05, 0.1) is 0 Å². The number of hydrogen-bond acceptors (Lipinski definition) is 4. The normalized spacial score (nSPS) is 10.7. The summed E-state index contributed by atoms with van der Waals surface area (Å²) in [7, 11) is 0. The van der Waals surface area contributed by atoms with Crippen molar-refractivity contribution in [3.8, 4) is 0 Å². The summed E-state index contributed by atoms with van der Waals surface area (Å²) in [6.45, 7) is 3.39. The number of non-ortho nitro benzene ring substituents is 1. The second-order valence-electron chi connectivity index (χ2n) is 6.37. The van der Waals surface area contributed by atoms with Gasteiger partial charge in [-0.1, -0.05) is 0 Å². The van der Waals surface area contributed by atoms with Crippen LogP contribution in [0, 0.1) is 17.0 Å². The number of nitrogens with zero attached hydrogens (tertiary/aromatic N) is 2. The number of anilines is 1. The molecular formula is C21H19AsN2O3. The Morgan fingerprint density at radius 2 is 1.37 bits per heavy atom. The van der Waals surface area contributed by atoms with Crippen molar-refractivity contribution in [1.82, 2.24) is 0 Å². The van der Waals surface area contributed by atoms with E-state index in [1.807, 2.05) is 24.3 Å². The summed E-state index contributed by atoms with van der Waals surface area (Å²) >= 11 is -1.03. The van der Waals surface area contributed by atoms with Crippen LogP contribution in [-0.4, -0.2) is 20.6 Å². The van der Waals surface area contributed by atoms with Crippen LogP contribution in [0.3, 0.4) is 0 Å². The van der Waals surface area contributed by atoms with E-state index in [0.29, 0.717) is 13.1 Å². The predicted molar refractivity (Wildman–Crippen MR) is 107 cm³/mol. The van der Waals surface area contributed by atoms with Gasteiger partial charge in [-0.2, -0.15) is 0 Å². The third-order valence-electron chi connectivity index (χ3n) is 4.33. The molecule has 0 aliphatic carbocycles. The molecule has 136 valence electrons. The first-order valence-electron chi connectivity index (χ1n) is 8.52. The van der Waals surface area contributed by atoms with Crippen molar-refractivity contribution in [2.75, 3.05) is 4.90 Å². The number of nitro benzene ring substituents is 1. The molecule has 0 bridgehead atoms. The molecule has 0 amide bonds. The van der Waals surface area contributed by atoms with Crippen LogP contribution in [0.1, 0.15) is 16.7 Å². The van der Waals surface area contributed by atoms with Crippen molar-refractivity contribution >= 4 is 31.4 Å². The number of aryl methyl sites for hydroxylation is 1. The Balaban J connectivity index is 1.86. The SMILES string of the molecule is Cc1ccc(CN(Cc2ccc([N+](=O)[O-])cc2)c2ccc([As]=O)cc2)cc1. The molecule has 6 heteroatoms. The average molecular weight is 422 g/mol. The van der Waals surface area contributed by atoms with Gasteiger partial charge in [0.15, 0.2) is 0 Å². The van der Waals surface area contributed by atoms with Gasteiger partial charge in [0.1, 0.15) is 0 Å². The van der Waals surface area contributed by atoms with Crippen LogP contribution in [0.15, 0.2) is 72.8 Å². The molecule has 0 atom stereocenters. The zero-order chi connectivity index (χ0) is 19.2. The molecule has 3 rings (SSSR count).